The van der Waals surface area contributed by atoms with Crippen molar-refractivity contribution in [2.45, 2.75) is 32.7 Å². The first-order chi connectivity index (χ1) is 8.49. The van der Waals surface area contributed by atoms with Crippen LogP contribution in [0.25, 0.3) is 0 Å². The second-order valence-corrected chi connectivity index (χ2v) is 4.65. The molecule has 1 rings (SSSR count). The summed E-state index contributed by atoms with van der Waals surface area (Å²) in [7, 11) is 1.64. The number of hydrogen-bond donors (Lipinski definition) is 2. The molecule has 0 saturated heterocycles. The molecule has 100 valence electrons. The van der Waals surface area contributed by atoms with Crippen LogP contribution >= 0.6 is 0 Å². The second-order valence-electron chi connectivity index (χ2n) is 4.65. The Balaban J connectivity index is 2.97. The summed E-state index contributed by atoms with van der Waals surface area (Å²) in [5, 5.41) is 2.83. The third-order valence-corrected chi connectivity index (χ3v) is 2.95. The fourth-order valence-corrected chi connectivity index (χ4v) is 1.82. The minimum absolute atomic E-state index is 0.00324. The highest BCUT2D eigenvalue weighted by Gasteiger charge is 2.14. The van der Waals surface area contributed by atoms with Crippen molar-refractivity contribution in [3.05, 3.63) is 29.3 Å². The van der Waals surface area contributed by atoms with Gasteiger partial charge in [0.25, 0.3) is 0 Å². The fourth-order valence-electron chi connectivity index (χ4n) is 1.82. The summed E-state index contributed by atoms with van der Waals surface area (Å²) in [4.78, 5) is 11.3. The van der Waals surface area contributed by atoms with E-state index >= 15 is 0 Å². The van der Waals surface area contributed by atoms with Gasteiger partial charge in [-0.3, -0.25) is 4.79 Å². The third-order valence-electron chi connectivity index (χ3n) is 2.95. The van der Waals surface area contributed by atoms with E-state index in [0.717, 1.165) is 11.3 Å². The molecule has 1 amide bonds. The van der Waals surface area contributed by atoms with Crippen LogP contribution in [-0.4, -0.2) is 19.6 Å². The van der Waals surface area contributed by atoms with Gasteiger partial charge in [-0.25, -0.2) is 0 Å². The number of carbonyl (C=O) groups is 1. The van der Waals surface area contributed by atoms with E-state index in [-0.39, 0.29) is 18.5 Å². The van der Waals surface area contributed by atoms with Gasteiger partial charge in [-0.2, -0.15) is 0 Å². The van der Waals surface area contributed by atoms with Crippen LogP contribution in [0.4, 0.5) is 0 Å². The molecule has 0 saturated carbocycles. The minimum atomic E-state index is -0.169. The molecule has 0 aliphatic carbocycles. The number of amides is 1. The molecular weight excluding hydrogens is 228 g/mol. The lowest BCUT2D eigenvalue weighted by atomic mass is 9.98. The molecule has 0 fully saturated rings. The summed E-state index contributed by atoms with van der Waals surface area (Å²) in [6.45, 7) is 6.18. The zero-order valence-electron chi connectivity index (χ0n) is 11.5. The largest absolute Gasteiger partial charge is 0.496 e. The molecule has 0 aliphatic heterocycles. The van der Waals surface area contributed by atoms with Gasteiger partial charge in [-0.1, -0.05) is 26.0 Å². The van der Waals surface area contributed by atoms with Crippen LogP contribution < -0.4 is 15.8 Å². The van der Waals surface area contributed by atoms with Gasteiger partial charge in [0.15, 0.2) is 0 Å². The smallest absolute Gasteiger partial charge is 0.234 e. The lowest BCUT2D eigenvalue weighted by Crippen LogP contribution is -2.32. The number of rotatable bonds is 5. The van der Waals surface area contributed by atoms with E-state index in [9.17, 15) is 4.79 Å². The molecule has 18 heavy (non-hydrogen) atoms. The van der Waals surface area contributed by atoms with Gasteiger partial charge in [-0.05, 0) is 24.5 Å². The van der Waals surface area contributed by atoms with Crippen molar-refractivity contribution in [2.24, 2.45) is 5.73 Å². The molecule has 0 heterocycles. The number of carbonyl (C=O) groups excluding carboxylic acids is 1. The Morgan fingerprint density at radius 3 is 2.56 bits per heavy atom. The monoisotopic (exact) mass is 250 g/mol. The van der Waals surface area contributed by atoms with Gasteiger partial charge in [0.1, 0.15) is 5.75 Å². The van der Waals surface area contributed by atoms with Crippen LogP contribution in [-0.2, 0) is 4.79 Å². The predicted octanol–water partition coefficient (Wildman–Crippen LogP) is 1.95. The Morgan fingerprint density at radius 2 is 2.06 bits per heavy atom. The van der Waals surface area contributed by atoms with Crippen LogP contribution in [0, 0.1) is 0 Å². The van der Waals surface area contributed by atoms with Gasteiger partial charge < -0.3 is 15.8 Å². The third kappa shape index (κ3) is 3.47. The van der Waals surface area contributed by atoms with Crippen molar-refractivity contribution < 1.29 is 9.53 Å². The van der Waals surface area contributed by atoms with E-state index < -0.39 is 0 Å². The molecule has 1 aromatic rings. The molecule has 0 spiro atoms. The summed E-state index contributed by atoms with van der Waals surface area (Å²) >= 11 is 0. The number of benzene rings is 1. The van der Waals surface area contributed by atoms with Gasteiger partial charge in [0.2, 0.25) is 5.91 Å². The Hall–Kier alpha value is -1.55. The maximum Gasteiger partial charge on any atom is 0.234 e. The van der Waals surface area contributed by atoms with E-state index in [1.54, 1.807) is 7.11 Å². The lowest BCUT2D eigenvalue weighted by Gasteiger charge is -2.18. The first-order valence-corrected chi connectivity index (χ1v) is 6.16. The van der Waals surface area contributed by atoms with Crippen molar-refractivity contribution in [1.29, 1.82) is 0 Å². The van der Waals surface area contributed by atoms with Gasteiger partial charge in [-0.15, -0.1) is 0 Å². The highest BCUT2D eigenvalue weighted by atomic mass is 16.5. The maximum atomic E-state index is 11.3. The molecule has 1 atom stereocenters. The summed E-state index contributed by atoms with van der Waals surface area (Å²) in [5.41, 5.74) is 7.47. The van der Waals surface area contributed by atoms with Crippen LogP contribution in [0.3, 0.4) is 0 Å². The molecule has 4 nitrogen and oxygen atoms in total. The summed E-state index contributed by atoms with van der Waals surface area (Å²) < 4.78 is 5.39. The lowest BCUT2D eigenvalue weighted by molar-refractivity contribution is -0.120. The zero-order chi connectivity index (χ0) is 13.7. The Bertz CT molecular complexity index is 416. The number of ether oxygens (including phenoxy) is 1. The van der Waals surface area contributed by atoms with E-state index in [0.29, 0.717) is 5.92 Å². The normalized spacial score (nSPS) is 12.3. The topological polar surface area (TPSA) is 64.3 Å². The Morgan fingerprint density at radius 1 is 1.39 bits per heavy atom. The number of nitrogens with two attached hydrogens (primary N) is 1. The van der Waals surface area contributed by atoms with Crippen LogP contribution in [0.5, 0.6) is 5.75 Å². The maximum absolute atomic E-state index is 11.3. The summed E-state index contributed by atoms with van der Waals surface area (Å²) in [5.74, 6) is 1.07. The van der Waals surface area contributed by atoms with E-state index in [1.807, 2.05) is 19.1 Å². The van der Waals surface area contributed by atoms with Crippen molar-refractivity contribution in [3.63, 3.8) is 0 Å². The number of nitrogens with one attached hydrogen (secondary N) is 1. The predicted molar refractivity (Wildman–Crippen MR) is 72.7 cm³/mol. The molecule has 0 aliphatic rings. The number of hydrogen-bond acceptors (Lipinski definition) is 3. The molecule has 0 bridgehead atoms. The summed E-state index contributed by atoms with van der Waals surface area (Å²) in [6, 6.07) is 5.96. The molecule has 1 aromatic carbocycles. The second kappa shape index (κ2) is 6.40. The Labute approximate surface area is 109 Å². The Kier molecular flexibility index (Phi) is 5.16. The molecule has 0 aromatic heterocycles. The molecule has 0 radical (unpaired) electrons. The highest BCUT2D eigenvalue weighted by Crippen LogP contribution is 2.28. The molecule has 3 N–H and O–H groups in total. The average Bonchev–Trinajstić information content (AvgIpc) is 2.37. The highest BCUT2D eigenvalue weighted by molar-refractivity contribution is 5.78. The number of methoxy groups -OCH3 is 1. The first kappa shape index (κ1) is 14.5. The standard InChI is InChI=1S/C14H22N2O2/c1-9(2)11-5-6-12(13(7-11)18-4)10(3)16-14(17)8-15/h5-7,9-10H,8,15H2,1-4H3,(H,16,17). The SMILES string of the molecule is COc1cc(C(C)C)ccc1C(C)NC(=O)CN. The van der Waals surface area contributed by atoms with E-state index in [4.69, 9.17) is 10.5 Å². The first-order valence-electron chi connectivity index (χ1n) is 6.16. The van der Waals surface area contributed by atoms with Crippen LogP contribution in [0.2, 0.25) is 0 Å². The van der Waals surface area contributed by atoms with Crippen molar-refractivity contribution in [1.82, 2.24) is 5.32 Å². The average molecular weight is 250 g/mol. The fraction of sp³-hybridized carbons (Fsp3) is 0.500. The summed E-state index contributed by atoms with van der Waals surface area (Å²) in [6.07, 6.45) is 0. The molecule has 1 unspecified atom stereocenters. The molecular formula is C14H22N2O2. The molecule has 4 heteroatoms. The van der Waals surface area contributed by atoms with Gasteiger partial charge in [0.05, 0.1) is 19.7 Å². The minimum Gasteiger partial charge on any atom is -0.496 e. The van der Waals surface area contributed by atoms with E-state index in [1.165, 1.54) is 5.56 Å². The van der Waals surface area contributed by atoms with Crippen molar-refractivity contribution in [3.8, 4) is 5.75 Å². The van der Waals surface area contributed by atoms with Crippen LogP contribution in [0.1, 0.15) is 43.9 Å². The van der Waals surface area contributed by atoms with E-state index in [2.05, 4.69) is 25.2 Å². The van der Waals surface area contributed by atoms with Crippen LogP contribution in [0.15, 0.2) is 18.2 Å². The quantitative estimate of drug-likeness (QED) is 0.839. The van der Waals surface area contributed by atoms with Gasteiger partial charge in [0, 0.05) is 5.56 Å². The van der Waals surface area contributed by atoms with Crippen molar-refractivity contribution in [2.75, 3.05) is 13.7 Å². The van der Waals surface area contributed by atoms with Gasteiger partial charge >= 0.3 is 0 Å². The zero-order valence-corrected chi connectivity index (χ0v) is 11.5. The van der Waals surface area contributed by atoms with Crippen molar-refractivity contribution >= 4 is 5.91 Å².